The highest BCUT2D eigenvalue weighted by Crippen LogP contribution is 2.40. The molecular weight excluding hydrogens is 1620 g/mol. The first kappa shape index (κ1) is 98.6. The molecule has 1 aliphatic carbocycles. The summed E-state index contributed by atoms with van der Waals surface area (Å²) in [5.74, 6) is -7.53. The van der Waals surface area contributed by atoms with Gasteiger partial charge in [-0.15, -0.1) is 0 Å². The maximum atomic E-state index is 15.0. The third-order valence-corrected chi connectivity index (χ3v) is 25.0. The fourth-order valence-corrected chi connectivity index (χ4v) is 17.6. The lowest BCUT2D eigenvalue weighted by Crippen LogP contribution is -2.61. The van der Waals surface area contributed by atoms with Crippen molar-refractivity contribution in [3.63, 3.8) is 0 Å². The quantitative estimate of drug-likeness (QED) is 0.0109. The number of nitrogens with one attached hydrogen (secondary N) is 2. The van der Waals surface area contributed by atoms with E-state index in [4.69, 9.17) is 63.6 Å². The molecule has 0 radical (unpaired) electrons. The largest absolute Gasteiger partial charge is 0.460 e. The third kappa shape index (κ3) is 27.3. The number of ether oxygens (including phenoxy) is 9. The second kappa shape index (κ2) is 48.0. The molecule has 0 spiro atoms. The molecule has 16 atom stereocenters. The predicted octanol–water partition coefficient (Wildman–Crippen LogP) is 7.43. The molecule has 4 aliphatic heterocycles. The molecule has 5 aliphatic rings. The van der Waals surface area contributed by atoms with Crippen molar-refractivity contribution in [1.29, 1.82) is 0 Å². The van der Waals surface area contributed by atoms with Crippen LogP contribution in [-0.2, 0) is 94.0 Å². The van der Waals surface area contributed by atoms with Gasteiger partial charge >= 0.3 is 11.9 Å². The number of benzene rings is 1. The Balaban J connectivity index is 0.630. The minimum atomic E-state index is -2.47. The first-order chi connectivity index (χ1) is 60.5. The number of nitrogen functional groups attached to an aromatic ring is 2. The van der Waals surface area contributed by atoms with Crippen molar-refractivity contribution in [2.75, 3.05) is 137 Å². The van der Waals surface area contributed by atoms with E-state index in [1.807, 2.05) is 88.1 Å². The number of nitrogens with zero attached hydrogens (tertiary/aromatic N) is 11. The molecule has 126 heavy (non-hydrogen) atoms. The molecule has 1 aromatic carbocycles. The van der Waals surface area contributed by atoms with Gasteiger partial charge in [0.25, 0.3) is 17.7 Å². The van der Waals surface area contributed by atoms with Crippen LogP contribution in [0.15, 0.2) is 88.9 Å². The molecule has 4 amide bonds. The smallest absolute Gasteiger partial charge is 0.329 e. The molecular formula is C91H133N15O20. The molecule has 8 N–H and O–H groups in total. The number of hydrogen-bond donors (Lipinski definition) is 6. The minimum absolute atomic E-state index is 0.00174. The summed E-state index contributed by atoms with van der Waals surface area (Å²) in [4.78, 5) is 139. The Kier molecular flexibility index (Phi) is 37.6. The first-order valence-corrected chi connectivity index (χ1v) is 44.5. The van der Waals surface area contributed by atoms with Crippen LogP contribution in [0.4, 0.5) is 17.8 Å². The number of unbranched alkanes of at least 4 members (excludes halogenated alkanes) is 1. The second-order valence-electron chi connectivity index (χ2n) is 34.5. The van der Waals surface area contributed by atoms with Gasteiger partial charge in [0, 0.05) is 142 Å². The Hall–Kier alpha value is -9.56. The van der Waals surface area contributed by atoms with E-state index in [-0.39, 0.29) is 126 Å². The second-order valence-corrected chi connectivity index (χ2v) is 34.5. The summed E-state index contributed by atoms with van der Waals surface area (Å²) in [7, 11) is 7.86. The van der Waals surface area contributed by atoms with Gasteiger partial charge in [0.05, 0.1) is 69.3 Å². The van der Waals surface area contributed by atoms with E-state index in [1.54, 1.807) is 75.2 Å². The van der Waals surface area contributed by atoms with E-state index in [2.05, 4.69) is 35.6 Å². The van der Waals surface area contributed by atoms with Crippen LogP contribution in [0.2, 0.25) is 0 Å². The van der Waals surface area contributed by atoms with Crippen molar-refractivity contribution in [2.24, 2.45) is 35.5 Å². The average Bonchev–Trinajstić information content (AvgIpc) is 1.33. The van der Waals surface area contributed by atoms with E-state index < -0.39 is 102 Å². The van der Waals surface area contributed by atoms with Crippen LogP contribution < -0.4 is 27.0 Å². The Morgan fingerprint density at radius 3 is 2.24 bits per heavy atom. The summed E-state index contributed by atoms with van der Waals surface area (Å²) in [6.45, 7) is 17.4. The van der Waals surface area contributed by atoms with Gasteiger partial charge in [0.1, 0.15) is 53.8 Å². The number of amides is 4. The number of fused-ring (bicyclic) bond motifs is 5. The van der Waals surface area contributed by atoms with Crippen molar-refractivity contribution >= 4 is 87.0 Å². The van der Waals surface area contributed by atoms with Gasteiger partial charge in [-0.25, -0.2) is 29.4 Å². The van der Waals surface area contributed by atoms with E-state index in [0.29, 0.717) is 168 Å². The Labute approximate surface area is 738 Å². The van der Waals surface area contributed by atoms with E-state index >= 15 is 0 Å². The van der Waals surface area contributed by atoms with Crippen molar-refractivity contribution < 1.29 is 95.6 Å². The van der Waals surface area contributed by atoms with Gasteiger partial charge in [-0.3, -0.25) is 38.5 Å². The van der Waals surface area contributed by atoms with Crippen LogP contribution >= 0.6 is 0 Å². The minimum Gasteiger partial charge on any atom is -0.460 e. The molecule has 692 valence electrons. The molecule has 5 aromatic rings. The molecule has 1 unspecified atom stereocenters. The number of esters is 2. The van der Waals surface area contributed by atoms with Gasteiger partial charge < -0.3 is 94.1 Å². The van der Waals surface area contributed by atoms with Gasteiger partial charge in [-0.1, -0.05) is 71.1 Å². The first-order valence-electron chi connectivity index (χ1n) is 44.5. The zero-order valence-electron chi connectivity index (χ0n) is 75.3. The summed E-state index contributed by atoms with van der Waals surface area (Å²) >= 11 is 0. The summed E-state index contributed by atoms with van der Waals surface area (Å²) < 4.78 is 61.3. The number of hydrogen-bond acceptors (Lipinski definition) is 30. The van der Waals surface area contributed by atoms with Crippen molar-refractivity contribution in [2.45, 2.75) is 225 Å². The number of carbonyl (C=O) groups is 8. The molecule has 35 heteroatoms. The molecule has 35 nitrogen and oxygen atoms in total. The maximum Gasteiger partial charge on any atom is 0.329 e. The molecule has 3 saturated heterocycles. The summed E-state index contributed by atoms with van der Waals surface area (Å²) in [6, 6.07) is 4.38. The number of aryl methyl sites for hydroxylation is 2. The van der Waals surface area contributed by atoms with Crippen LogP contribution in [0.25, 0.3) is 33.4 Å². The number of aliphatic hydroxyl groups is 2. The highest BCUT2D eigenvalue weighted by atomic mass is 16.6. The standard InChI is InChI=1S/C91H133N15O20/c1-56-20-14-13-15-21-57(2)71(117-9)49-66-27-23-62(7)91(116,126-66)84(113)87(114)105-34-18-16-22-68(105)88(115)124-73(50-72(118-10)58(3)45-61(6)82(112)83(120-12)81(111)60(5)44-56)59(4)46-63-24-28-70(74(47-63)119-11)123-78(110)30-25-64-51-96-90(97-52-64)104-38-36-103(37-39-104)77(109)54-102(8)53-76(108)95-33-41-122-43-42-121-40-31-75(107)94-32-17-19-35-106-86-79(85(92)98-55-99-86)80(101-106)65-26-29-69-67(48-65)100-89(93)125-69/h13-15,20-21,26,29,45,48,51-52,55-56,58-60,62-63,66,68,70-74,82-83,112,116H,16-19,22-25,27-28,30-44,46-47,49-50,53-54H2,1-12H3,(H2,93,100)(H,94,107)(H,95,108)(H2,92,98,99)/b15-13+,20-14+,57-21+,61-45+/t56-,58-,59-,60-,62-,63+,66+,68?,70-,71+,72-,73+,74-,82-,83+,91-/m1/s1. The van der Waals surface area contributed by atoms with Crippen LogP contribution in [-0.4, -0.2) is 288 Å². The maximum absolute atomic E-state index is 15.0. The van der Waals surface area contributed by atoms with Crippen molar-refractivity contribution in [3.05, 3.63) is 90.1 Å². The van der Waals surface area contributed by atoms with Crippen LogP contribution in [0.3, 0.4) is 0 Å². The predicted molar refractivity (Wildman–Crippen MR) is 470 cm³/mol. The topological polar surface area (TPSA) is 445 Å². The zero-order chi connectivity index (χ0) is 90.7. The number of piperidine rings is 1. The van der Waals surface area contributed by atoms with Gasteiger partial charge in [0.15, 0.2) is 17.0 Å². The van der Waals surface area contributed by atoms with E-state index in [1.165, 1.54) is 18.3 Å². The number of likely N-dealkylation sites (N-methyl/N-ethyl adjacent to an activating group) is 1. The highest BCUT2D eigenvalue weighted by molar-refractivity contribution is 6.39. The molecule has 4 fully saturated rings. The fraction of sp³-hybridized carbons (Fsp3) is 0.648. The lowest BCUT2D eigenvalue weighted by molar-refractivity contribution is -0.265. The lowest BCUT2D eigenvalue weighted by atomic mass is 9.78. The zero-order valence-corrected chi connectivity index (χ0v) is 75.3. The van der Waals surface area contributed by atoms with Gasteiger partial charge in [0.2, 0.25) is 29.5 Å². The SMILES string of the molecule is CO[C@H]1C[C@@H]2CC[C@@H](C)[C@@](O)(O2)C(=O)C(=O)N2CCCCC2C(=O)O[C@H]([C@H](C)C[C@@H]2CC[C@@H](OC(=O)CCc3cnc(N4CCN(C(=O)CN(C)CC(=O)NCCOCCOCCC(=O)NCCCCn5nc(-c6ccc7oc(N)nc7c6)c6c(N)ncnc65)CC4)nc3)[C@H](OC)C2)C[C@@H](OC)[C@H](C)/C=C(\C)[C@@H](O)[C@@H](OC)C(=O)[C@H](C)C[C@H](C)/C=C/C=C/C=C/1C. The van der Waals surface area contributed by atoms with Crippen molar-refractivity contribution in [1.82, 2.24) is 60.0 Å². The average molecular weight is 1760 g/mol. The molecule has 8 heterocycles. The van der Waals surface area contributed by atoms with Gasteiger partial charge in [-0.05, 0) is 157 Å². The number of anilines is 3. The number of nitrogens with two attached hydrogens (primary N) is 2. The van der Waals surface area contributed by atoms with Crippen LogP contribution in [0.1, 0.15) is 157 Å². The molecule has 2 bridgehead atoms. The number of allylic oxidation sites excluding steroid dienone is 5. The number of carbonyl (C=O) groups excluding carboxylic acids is 8. The Morgan fingerprint density at radius 2 is 1.50 bits per heavy atom. The number of cyclic esters (lactones) is 1. The van der Waals surface area contributed by atoms with E-state index in [0.717, 1.165) is 16.7 Å². The molecule has 1 saturated carbocycles. The summed E-state index contributed by atoms with van der Waals surface area (Å²) in [5, 5.41) is 35.2. The van der Waals surface area contributed by atoms with Crippen molar-refractivity contribution in [3.8, 4) is 11.3 Å². The number of Topliss-reactive ketones (excluding diaryl/α,β-unsaturated/α-hetero) is 2. The number of methoxy groups -OCH3 is 4. The van der Waals surface area contributed by atoms with Crippen LogP contribution in [0.5, 0.6) is 0 Å². The Bertz CT molecular complexity index is 4570. The monoisotopic (exact) mass is 1760 g/mol. The fourth-order valence-electron chi connectivity index (χ4n) is 17.6. The lowest BCUT2D eigenvalue weighted by Gasteiger charge is -2.43. The number of aromatic nitrogens is 7. The molecule has 4 aromatic heterocycles. The summed E-state index contributed by atoms with van der Waals surface area (Å²) in [6.07, 6.45) is 17.8. The normalized spacial score (nSPS) is 27.8. The molecule has 10 rings (SSSR count). The van der Waals surface area contributed by atoms with E-state index in [9.17, 15) is 48.6 Å². The summed E-state index contributed by atoms with van der Waals surface area (Å²) in [5.41, 5.74) is 17.3. The Morgan fingerprint density at radius 1 is 0.754 bits per heavy atom. The highest BCUT2D eigenvalue weighted by Gasteiger charge is 2.53. The number of ketones is 2. The number of oxazole rings is 1. The van der Waals surface area contributed by atoms with Crippen LogP contribution in [0, 0.1) is 35.5 Å². The third-order valence-electron chi connectivity index (χ3n) is 25.0. The number of rotatable bonds is 31. The van der Waals surface area contributed by atoms with Gasteiger partial charge in [-0.2, -0.15) is 10.1 Å². The number of aliphatic hydroxyl groups excluding tert-OH is 1. The number of piperazine rings is 1.